The second-order valence-corrected chi connectivity index (χ2v) is 5.97. The molecule has 0 bridgehead atoms. The number of nitrogens with one attached hydrogen (secondary N) is 1. The number of nitrogens with zero attached hydrogens (tertiary/aromatic N) is 2. The number of benzene rings is 1. The molecule has 1 aromatic carbocycles. The lowest BCUT2D eigenvalue weighted by molar-refractivity contribution is -0.130. The van der Waals surface area contributed by atoms with Gasteiger partial charge in [0.15, 0.2) is 0 Å². The van der Waals surface area contributed by atoms with Gasteiger partial charge in [-0.1, -0.05) is 19.1 Å². The first-order chi connectivity index (χ1) is 11.6. The second-order valence-electron chi connectivity index (χ2n) is 5.97. The summed E-state index contributed by atoms with van der Waals surface area (Å²) in [7, 11) is 0. The average molecular weight is 333 g/mol. The van der Waals surface area contributed by atoms with Crippen LogP contribution in [0, 0.1) is 0 Å². The van der Waals surface area contributed by atoms with Crippen LogP contribution in [0.2, 0.25) is 0 Å². The van der Waals surface area contributed by atoms with Crippen molar-refractivity contribution in [1.82, 2.24) is 15.1 Å². The fourth-order valence-corrected chi connectivity index (χ4v) is 2.66. The molecular formula is C18H27N3O3. The van der Waals surface area contributed by atoms with Gasteiger partial charge in [0.25, 0.3) is 0 Å². The molecule has 3 amide bonds. The van der Waals surface area contributed by atoms with Crippen molar-refractivity contribution in [3.8, 4) is 5.75 Å². The third kappa shape index (κ3) is 5.44. The quantitative estimate of drug-likeness (QED) is 0.865. The average Bonchev–Trinajstić information content (AvgIpc) is 2.60. The van der Waals surface area contributed by atoms with Gasteiger partial charge in [0.05, 0.1) is 6.61 Å². The van der Waals surface area contributed by atoms with Crippen LogP contribution in [0.3, 0.4) is 0 Å². The number of carbonyl (C=O) groups excluding carboxylic acids is 2. The number of piperazine rings is 1. The van der Waals surface area contributed by atoms with E-state index in [-0.39, 0.29) is 11.9 Å². The van der Waals surface area contributed by atoms with Crippen LogP contribution in [0.15, 0.2) is 24.3 Å². The Kier molecular flexibility index (Phi) is 6.90. The van der Waals surface area contributed by atoms with E-state index in [0.29, 0.717) is 39.3 Å². The van der Waals surface area contributed by atoms with E-state index < -0.39 is 0 Å². The lowest BCUT2D eigenvalue weighted by atomic mass is 10.1. The van der Waals surface area contributed by atoms with Crippen LogP contribution >= 0.6 is 0 Å². The highest BCUT2D eigenvalue weighted by Crippen LogP contribution is 2.14. The second kappa shape index (κ2) is 9.15. The van der Waals surface area contributed by atoms with Gasteiger partial charge in [-0.2, -0.15) is 0 Å². The minimum atomic E-state index is -0.0587. The number of ether oxygens (including phenoxy) is 1. The predicted molar refractivity (Wildman–Crippen MR) is 93.2 cm³/mol. The summed E-state index contributed by atoms with van der Waals surface area (Å²) in [6, 6.07) is 7.93. The SMILES string of the molecule is CCCOc1cccc(CCNC(=O)N2CCN(C(C)=O)CC2)c1. The van der Waals surface area contributed by atoms with E-state index in [0.717, 1.165) is 24.2 Å². The topological polar surface area (TPSA) is 61.9 Å². The van der Waals surface area contributed by atoms with Crippen LogP contribution < -0.4 is 10.1 Å². The predicted octanol–water partition coefficient (Wildman–Crippen LogP) is 1.89. The summed E-state index contributed by atoms with van der Waals surface area (Å²) in [4.78, 5) is 27.0. The van der Waals surface area contributed by atoms with Gasteiger partial charge in [0, 0.05) is 39.6 Å². The molecule has 1 heterocycles. The van der Waals surface area contributed by atoms with Crippen LogP contribution in [-0.2, 0) is 11.2 Å². The first kappa shape index (κ1) is 18.1. The summed E-state index contributed by atoms with van der Waals surface area (Å²) in [5.41, 5.74) is 1.14. The molecule has 0 radical (unpaired) electrons. The normalized spacial score (nSPS) is 14.4. The third-order valence-electron chi connectivity index (χ3n) is 4.07. The van der Waals surface area contributed by atoms with E-state index in [9.17, 15) is 9.59 Å². The first-order valence-electron chi connectivity index (χ1n) is 8.60. The van der Waals surface area contributed by atoms with Crippen LogP contribution in [0.1, 0.15) is 25.8 Å². The van der Waals surface area contributed by atoms with Crippen molar-refractivity contribution in [1.29, 1.82) is 0 Å². The van der Waals surface area contributed by atoms with Crippen LogP contribution in [0.25, 0.3) is 0 Å². The monoisotopic (exact) mass is 333 g/mol. The number of urea groups is 1. The van der Waals surface area contributed by atoms with Gasteiger partial charge in [-0.05, 0) is 30.5 Å². The maximum atomic E-state index is 12.2. The first-order valence-corrected chi connectivity index (χ1v) is 8.60. The largest absolute Gasteiger partial charge is 0.494 e. The third-order valence-corrected chi connectivity index (χ3v) is 4.07. The molecular weight excluding hydrogens is 306 g/mol. The zero-order valence-electron chi connectivity index (χ0n) is 14.6. The number of hydrogen-bond acceptors (Lipinski definition) is 3. The lowest BCUT2D eigenvalue weighted by Crippen LogP contribution is -2.52. The molecule has 24 heavy (non-hydrogen) atoms. The lowest BCUT2D eigenvalue weighted by Gasteiger charge is -2.34. The van der Waals surface area contributed by atoms with Crippen LogP contribution in [0.4, 0.5) is 4.79 Å². The molecule has 6 nitrogen and oxygen atoms in total. The fraction of sp³-hybridized carbons (Fsp3) is 0.556. The van der Waals surface area contributed by atoms with E-state index in [2.05, 4.69) is 12.2 Å². The summed E-state index contributed by atoms with van der Waals surface area (Å²) in [6.45, 7) is 7.34. The van der Waals surface area contributed by atoms with Crippen molar-refractivity contribution in [2.75, 3.05) is 39.3 Å². The molecule has 1 saturated heterocycles. The zero-order valence-corrected chi connectivity index (χ0v) is 14.6. The molecule has 0 aliphatic carbocycles. The van der Waals surface area contributed by atoms with Crippen molar-refractivity contribution in [2.24, 2.45) is 0 Å². The van der Waals surface area contributed by atoms with Gasteiger partial charge in [-0.3, -0.25) is 4.79 Å². The summed E-state index contributed by atoms with van der Waals surface area (Å²) in [5.74, 6) is 0.946. The van der Waals surface area contributed by atoms with Gasteiger partial charge in [0.1, 0.15) is 5.75 Å². The van der Waals surface area contributed by atoms with Crippen molar-refractivity contribution in [3.63, 3.8) is 0 Å². The summed E-state index contributed by atoms with van der Waals surface area (Å²) < 4.78 is 5.62. The Hall–Kier alpha value is -2.24. The van der Waals surface area contributed by atoms with Gasteiger partial charge < -0.3 is 19.9 Å². The maximum Gasteiger partial charge on any atom is 0.317 e. The minimum Gasteiger partial charge on any atom is -0.494 e. The summed E-state index contributed by atoms with van der Waals surface area (Å²) in [6.07, 6.45) is 1.75. The molecule has 1 aliphatic heterocycles. The summed E-state index contributed by atoms with van der Waals surface area (Å²) >= 11 is 0. The molecule has 132 valence electrons. The Morgan fingerprint density at radius 3 is 2.54 bits per heavy atom. The van der Waals surface area contributed by atoms with Crippen molar-refractivity contribution in [3.05, 3.63) is 29.8 Å². The number of carbonyl (C=O) groups is 2. The Labute approximate surface area is 143 Å². The molecule has 6 heteroatoms. The highest BCUT2D eigenvalue weighted by Gasteiger charge is 2.21. The Balaban J connectivity index is 1.72. The van der Waals surface area contributed by atoms with E-state index in [4.69, 9.17) is 4.74 Å². The zero-order chi connectivity index (χ0) is 17.4. The minimum absolute atomic E-state index is 0.0587. The van der Waals surface area contributed by atoms with E-state index >= 15 is 0 Å². The van der Waals surface area contributed by atoms with Crippen molar-refractivity contribution < 1.29 is 14.3 Å². The Morgan fingerprint density at radius 1 is 1.17 bits per heavy atom. The van der Waals surface area contributed by atoms with E-state index in [1.807, 2.05) is 24.3 Å². The van der Waals surface area contributed by atoms with Gasteiger partial charge in [0.2, 0.25) is 5.91 Å². The Morgan fingerprint density at radius 2 is 1.88 bits per heavy atom. The molecule has 2 rings (SSSR count). The van der Waals surface area contributed by atoms with Gasteiger partial charge >= 0.3 is 6.03 Å². The van der Waals surface area contributed by atoms with E-state index in [1.165, 1.54) is 0 Å². The maximum absolute atomic E-state index is 12.2. The Bertz CT molecular complexity index is 554. The molecule has 1 fully saturated rings. The van der Waals surface area contributed by atoms with E-state index in [1.54, 1.807) is 16.7 Å². The number of amides is 3. The molecule has 1 N–H and O–H groups in total. The molecule has 0 unspecified atom stereocenters. The molecule has 0 spiro atoms. The number of hydrogen-bond donors (Lipinski definition) is 1. The smallest absolute Gasteiger partial charge is 0.317 e. The molecule has 0 aromatic heterocycles. The van der Waals surface area contributed by atoms with Crippen molar-refractivity contribution >= 4 is 11.9 Å². The molecule has 0 atom stereocenters. The molecule has 0 saturated carbocycles. The van der Waals surface area contributed by atoms with Crippen molar-refractivity contribution in [2.45, 2.75) is 26.7 Å². The standard InChI is InChI=1S/C18H27N3O3/c1-3-13-24-17-6-4-5-16(14-17)7-8-19-18(23)21-11-9-20(10-12-21)15(2)22/h4-6,14H,3,7-13H2,1-2H3,(H,19,23). The van der Waals surface area contributed by atoms with Gasteiger partial charge in [-0.25, -0.2) is 4.79 Å². The highest BCUT2D eigenvalue weighted by molar-refractivity contribution is 5.76. The number of rotatable bonds is 6. The van der Waals surface area contributed by atoms with Crippen LogP contribution in [0.5, 0.6) is 5.75 Å². The van der Waals surface area contributed by atoms with Gasteiger partial charge in [-0.15, -0.1) is 0 Å². The molecule has 1 aliphatic rings. The van der Waals surface area contributed by atoms with Crippen LogP contribution in [-0.4, -0.2) is 61.1 Å². The highest BCUT2D eigenvalue weighted by atomic mass is 16.5. The fourth-order valence-electron chi connectivity index (χ4n) is 2.66. The molecule has 1 aromatic rings. The summed E-state index contributed by atoms with van der Waals surface area (Å²) in [5, 5.41) is 2.95.